The Balaban J connectivity index is 1.12. The van der Waals surface area contributed by atoms with Crippen molar-refractivity contribution in [3.05, 3.63) is 259 Å². The minimum atomic E-state index is -2.63. The Morgan fingerprint density at radius 3 is 1.25 bits per heavy atom. The number of hydrogen-bond acceptors (Lipinski definition) is 1. The van der Waals surface area contributed by atoms with Crippen LogP contribution >= 0.6 is 0 Å². The van der Waals surface area contributed by atoms with Gasteiger partial charge < -0.3 is 4.90 Å². The summed E-state index contributed by atoms with van der Waals surface area (Å²) in [5.41, 5.74) is 13.4. The molecule has 2 aliphatic rings. The average Bonchev–Trinajstić information content (AvgIpc) is 3.58. The molecule has 57 heavy (non-hydrogen) atoms. The average molecular weight is 742 g/mol. The van der Waals surface area contributed by atoms with Crippen LogP contribution in [0.2, 0.25) is 0 Å². The van der Waals surface area contributed by atoms with Gasteiger partial charge in [-0.25, -0.2) is 0 Å². The fraction of sp³-hybridized carbons (Fsp3) is 0.0182. The molecule has 11 rings (SSSR count). The zero-order chi connectivity index (χ0) is 37.8. The van der Waals surface area contributed by atoms with Crippen LogP contribution < -0.4 is 25.6 Å². The Morgan fingerprint density at radius 2 is 0.702 bits per heavy atom. The molecule has 0 aromatic heterocycles. The molecule has 0 N–H and O–H groups in total. The van der Waals surface area contributed by atoms with Crippen molar-refractivity contribution in [2.75, 3.05) is 4.90 Å². The van der Waals surface area contributed by atoms with E-state index in [4.69, 9.17) is 0 Å². The third-order valence-corrected chi connectivity index (χ3v) is 17.2. The smallest absolute Gasteiger partial charge is 0.179 e. The molecular formula is C55H39NSi. The quantitative estimate of drug-likeness (QED) is 0.121. The first-order valence-corrected chi connectivity index (χ1v) is 21.9. The highest BCUT2D eigenvalue weighted by atomic mass is 28.3. The number of benzene rings is 9. The number of nitrogens with zero attached hydrogens (tertiary/aromatic N) is 1. The Hall–Kier alpha value is -7.00. The van der Waals surface area contributed by atoms with Gasteiger partial charge in [0.1, 0.15) is 0 Å². The number of rotatable bonds is 6. The highest BCUT2D eigenvalue weighted by Crippen LogP contribution is 2.63. The number of hydrogen-bond donors (Lipinski definition) is 0. The van der Waals surface area contributed by atoms with E-state index in [1.165, 1.54) is 76.6 Å². The van der Waals surface area contributed by atoms with Crippen molar-refractivity contribution in [3.8, 4) is 22.3 Å². The lowest BCUT2D eigenvalue weighted by Gasteiger charge is -2.45. The summed E-state index contributed by atoms with van der Waals surface area (Å²) in [5.74, 6) is 0. The third kappa shape index (κ3) is 4.87. The van der Waals surface area contributed by atoms with Crippen LogP contribution in [0.1, 0.15) is 22.3 Å². The van der Waals surface area contributed by atoms with Gasteiger partial charge in [0.15, 0.2) is 8.07 Å². The molecule has 1 heterocycles. The minimum Gasteiger partial charge on any atom is -0.310 e. The molecular weight excluding hydrogens is 703 g/mol. The second-order valence-electron chi connectivity index (χ2n) is 15.2. The summed E-state index contributed by atoms with van der Waals surface area (Å²) in [6.45, 7) is 0. The summed E-state index contributed by atoms with van der Waals surface area (Å²) < 4.78 is 0. The SMILES string of the molecule is c1ccc(N2c3ccccc3C3(c4ccccc4-c4ccc(-c5ccc([Si](c6ccccc6)(c6ccccc6)c6ccccc6)cc5)cc43)c3ccccc32)cc1. The van der Waals surface area contributed by atoms with E-state index in [0.29, 0.717) is 0 Å². The molecule has 1 nitrogen and oxygen atoms in total. The van der Waals surface area contributed by atoms with E-state index in [0.717, 1.165) is 5.69 Å². The first-order valence-electron chi connectivity index (χ1n) is 19.9. The van der Waals surface area contributed by atoms with E-state index >= 15 is 0 Å². The normalized spacial score (nSPS) is 13.4. The van der Waals surface area contributed by atoms with Gasteiger partial charge in [0, 0.05) is 5.69 Å². The Bertz CT molecular complexity index is 2740. The molecule has 0 unspecified atom stereocenters. The maximum absolute atomic E-state index is 2.63. The van der Waals surface area contributed by atoms with Crippen molar-refractivity contribution >= 4 is 45.9 Å². The fourth-order valence-corrected chi connectivity index (χ4v) is 14.9. The summed E-state index contributed by atoms with van der Waals surface area (Å²) in [6.07, 6.45) is 0. The lowest BCUT2D eigenvalue weighted by Crippen LogP contribution is -2.74. The highest BCUT2D eigenvalue weighted by molar-refractivity contribution is 7.19. The molecule has 0 bridgehead atoms. The van der Waals surface area contributed by atoms with Crippen LogP contribution in [-0.2, 0) is 5.41 Å². The summed E-state index contributed by atoms with van der Waals surface area (Å²) >= 11 is 0. The lowest BCUT2D eigenvalue weighted by atomic mass is 9.64. The van der Waals surface area contributed by atoms with E-state index in [9.17, 15) is 0 Å². The molecule has 1 aliphatic heterocycles. The largest absolute Gasteiger partial charge is 0.310 e. The van der Waals surface area contributed by atoms with Gasteiger partial charge in [-0.2, -0.15) is 0 Å². The number of anilines is 3. The molecule has 0 fully saturated rings. The Labute approximate surface area is 335 Å². The van der Waals surface area contributed by atoms with Crippen molar-refractivity contribution in [2.24, 2.45) is 0 Å². The van der Waals surface area contributed by atoms with Crippen LogP contribution in [0, 0.1) is 0 Å². The van der Waals surface area contributed by atoms with E-state index in [-0.39, 0.29) is 0 Å². The molecule has 268 valence electrons. The van der Waals surface area contributed by atoms with E-state index < -0.39 is 13.5 Å². The summed E-state index contributed by atoms with van der Waals surface area (Å²) in [7, 11) is -2.63. The minimum absolute atomic E-state index is 0.490. The first-order chi connectivity index (χ1) is 28.3. The molecule has 0 saturated heterocycles. The van der Waals surface area contributed by atoms with Crippen LogP contribution in [-0.4, -0.2) is 8.07 Å². The summed E-state index contributed by atoms with van der Waals surface area (Å²) in [4.78, 5) is 2.45. The van der Waals surface area contributed by atoms with Crippen LogP contribution in [0.15, 0.2) is 237 Å². The summed E-state index contributed by atoms with van der Waals surface area (Å²) in [6, 6.07) is 88.2. The standard InChI is InChI=1S/C55H39NSi/c1-5-19-42(20-6-1)56-53-31-17-15-29-50(53)55(51-30-16-18-32-54(51)56)49-28-14-13-27-47(49)48-38-35-41(39-52(48)55)40-33-36-46(37-34-40)57(43-21-7-2-8-22-43,44-23-9-3-10-24-44)45-25-11-4-12-26-45/h1-39H. The first kappa shape index (κ1) is 33.3. The Kier molecular flexibility index (Phi) is 7.80. The lowest BCUT2D eigenvalue weighted by molar-refractivity contribution is 0.753. The van der Waals surface area contributed by atoms with Crippen LogP contribution in [0.5, 0.6) is 0 Å². The second-order valence-corrected chi connectivity index (χ2v) is 19.0. The molecule has 1 aliphatic carbocycles. The van der Waals surface area contributed by atoms with Crippen molar-refractivity contribution in [3.63, 3.8) is 0 Å². The van der Waals surface area contributed by atoms with Crippen molar-refractivity contribution < 1.29 is 0 Å². The number of fused-ring (bicyclic) bond motifs is 9. The summed E-state index contributed by atoms with van der Waals surface area (Å²) in [5, 5.41) is 5.51. The van der Waals surface area contributed by atoms with Crippen LogP contribution in [0.3, 0.4) is 0 Å². The van der Waals surface area contributed by atoms with Gasteiger partial charge in [-0.05, 0) is 95.6 Å². The van der Waals surface area contributed by atoms with Gasteiger partial charge in [-0.15, -0.1) is 0 Å². The molecule has 2 heteroatoms. The zero-order valence-corrected chi connectivity index (χ0v) is 32.5. The highest BCUT2D eigenvalue weighted by Gasteiger charge is 2.51. The molecule has 0 radical (unpaired) electrons. The van der Waals surface area contributed by atoms with Crippen molar-refractivity contribution in [2.45, 2.75) is 5.41 Å². The predicted molar refractivity (Wildman–Crippen MR) is 241 cm³/mol. The van der Waals surface area contributed by atoms with Crippen molar-refractivity contribution in [1.82, 2.24) is 0 Å². The van der Waals surface area contributed by atoms with E-state index in [1.54, 1.807) is 0 Å². The van der Waals surface area contributed by atoms with E-state index in [1.807, 2.05) is 0 Å². The van der Waals surface area contributed by atoms with Gasteiger partial charge in [-0.3, -0.25) is 0 Å². The zero-order valence-electron chi connectivity index (χ0n) is 31.5. The van der Waals surface area contributed by atoms with Gasteiger partial charge in [0.2, 0.25) is 0 Å². The topological polar surface area (TPSA) is 3.24 Å². The fourth-order valence-electron chi connectivity index (χ4n) is 10.1. The van der Waals surface area contributed by atoms with Gasteiger partial charge in [0.25, 0.3) is 0 Å². The van der Waals surface area contributed by atoms with Gasteiger partial charge >= 0.3 is 0 Å². The molecule has 1 spiro atoms. The maximum Gasteiger partial charge on any atom is 0.179 e. The van der Waals surface area contributed by atoms with Gasteiger partial charge in [0.05, 0.1) is 16.8 Å². The second kappa shape index (κ2) is 13.3. The molecule has 9 aromatic rings. The van der Waals surface area contributed by atoms with Crippen molar-refractivity contribution in [1.29, 1.82) is 0 Å². The van der Waals surface area contributed by atoms with Gasteiger partial charge in [-0.1, -0.05) is 206 Å². The van der Waals surface area contributed by atoms with Crippen LogP contribution in [0.25, 0.3) is 22.3 Å². The monoisotopic (exact) mass is 741 g/mol. The van der Waals surface area contributed by atoms with E-state index in [2.05, 4.69) is 241 Å². The molecule has 0 saturated carbocycles. The maximum atomic E-state index is 2.49. The molecule has 0 amide bonds. The third-order valence-electron chi connectivity index (χ3n) is 12.4. The Morgan fingerprint density at radius 1 is 0.298 bits per heavy atom. The molecule has 9 aromatic carbocycles. The molecule has 0 atom stereocenters. The number of para-hydroxylation sites is 3. The van der Waals surface area contributed by atoms with Crippen LogP contribution in [0.4, 0.5) is 17.1 Å². The predicted octanol–water partition coefficient (Wildman–Crippen LogP) is 10.9.